The van der Waals surface area contributed by atoms with E-state index in [4.69, 9.17) is 39.9 Å². The molecule has 0 spiro atoms. The molecule has 1 aromatic carbocycles. The van der Waals surface area contributed by atoms with Crippen LogP contribution in [0.4, 0.5) is 0 Å². The predicted octanol–water partition coefficient (Wildman–Crippen LogP) is 5.79. The Labute approximate surface area is 193 Å². The van der Waals surface area contributed by atoms with Gasteiger partial charge in [0.1, 0.15) is 0 Å². The van der Waals surface area contributed by atoms with Gasteiger partial charge in [-0.25, -0.2) is 9.69 Å². The average Bonchev–Trinajstić information content (AvgIpc) is 3.28. The van der Waals surface area contributed by atoms with Crippen LogP contribution < -0.4 is 5.43 Å². The summed E-state index contributed by atoms with van der Waals surface area (Å²) >= 11 is 20.4. The zero-order chi connectivity index (χ0) is 20.8. The molecule has 0 saturated carbocycles. The summed E-state index contributed by atoms with van der Waals surface area (Å²) in [4.78, 5) is 14.2. The van der Waals surface area contributed by atoms with E-state index in [0.717, 1.165) is 59.2 Å². The second kappa shape index (κ2) is 8.17. The van der Waals surface area contributed by atoms with Crippen LogP contribution in [0, 0.1) is 0 Å². The van der Waals surface area contributed by atoms with Gasteiger partial charge < -0.3 is 0 Å². The number of hydrogen-bond donors (Lipinski definition) is 1. The lowest BCUT2D eigenvalue weighted by Gasteiger charge is -2.26. The van der Waals surface area contributed by atoms with Gasteiger partial charge >= 0.3 is 0 Å². The molecule has 156 valence electrons. The number of aromatic nitrogens is 2. The molecule has 5 nitrogen and oxygen atoms in total. The van der Waals surface area contributed by atoms with Crippen LogP contribution in [0.1, 0.15) is 40.9 Å². The van der Waals surface area contributed by atoms with Gasteiger partial charge in [-0.3, -0.25) is 10.2 Å². The van der Waals surface area contributed by atoms with E-state index in [-0.39, 0.29) is 5.91 Å². The SMILES string of the molecule is O=C(NN1CCCCC1)c1nn(-c2ccc(Cl)cc2Cl)c2c1CCc1cc(Cl)sc1-2. The molecular formula is C21H19Cl3N4OS. The molecule has 2 aliphatic rings. The van der Waals surface area contributed by atoms with Crippen LogP contribution in [0.25, 0.3) is 16.3 Å². The number of amides is 1. The molecule has 0 atom stereocenters. The number of benzene rings is 1. The third kappa shape index (κ3) is 3.65. The number of piperidine rings is 1. The van der Waals surface area contributed by atoms with E-state index in [1.54, 1.807) is 16.8 Å². The van der Waals surface area contributed by atoms with Gasteiger partial charge in [-0.1, -0.05) is 41.2 Å². The summed E-state index contributed by atoms with van der Waals surface area (Å²) in [5.74, 6) is -0.178. The number of rotatable bonds is 3. The van der Waals surface area contributed by atoms with Gasteiger partial charge in [0.15, 0.2) is 5.69 Å². The molecule has 3 aromatic rings. The lowest BCUT2D eigenvalue weighted by atomic mass is 9.94. The van der Waals surface area contributed by atoms with Crippen LogP contribution in [-0.2, 0) is 12.8 Å². The maximum absolute atomic E-state index is 13.2. The van der Waals surface area contributed by atoms with Crippen molar-refractivity contribution < 1.29 is 4.79 Å². The first-order valence-corrected chi connectivity index (χ1v) is 11.9. The minimum atomic E-state index is -0.178. The molecule has 0 unspecified atom stereocenters. The standard InChI is InChI=1S/C21H19Cl3N4OS/c22-13-5-7-16(15(23)11-13)28-19-14(6-4-12-10-17(24)30-20(12)19)18(25-28)21(29)26-27-8-2-1-3-9-27/h5,7,10-11H,1-4,6,8-9H2,(H,26,29). The highest BCUT2D eigenvalue weighted by atomic mass is 35.5. The number of hydrazine groups is 1. The molecule has 3 heterocycles. The van der Waals surface area contributed by atoms with E-state index in [9.17, 15) is 4.79 Å². The van der Waals surface area contributed by atoms with Gasteiger partial charge in [-0.15, -0.1) is 11.3 Å². The Morgan fingerprint density at radius 3 is 2.63 bits per heavy atom. The molecule has 0 bridgehead atoms. The fourth-order valence-corrected chi connectivity index (χ4v) is 6.02. The third-order valence-electron chi connectivity index (χ3n) is 5.59. The lowest BCUT2D eigenvalue weighted by Crippen LogP contribution is -2.45. The second-order valence-electron chi connectivity index (χ2n) is 7.58. The van der Waals surface area contributed by atoms with Gasteiger partial charge in [-0.05, 0) is 55.5 Å². The second-order valence-corrected chi connectivity index (χ2v) is 10.1. The zero-order valence-electron chi connectivity index (χ0n) is 16.1. The summed E-state index contributed by atoms with van der Waals surface area (Å²) in [5.41, 5.74) is 7.17. The van der Waals surface area contributed by atoms with Crippen molar-refractivity contribution in [2.24, 2.45) is 0 Å². The number of carbonyl (C=O) groups is 1. The number of hydrogen-bond acceptors (Lipinski definition) is 4. The number of aryl methyl sites for hydroxylation is 1. The van der Waals surface area contributed by atoms with Crippen molar-refractivity contribution >= 4 is 52.0 Å². The molecular weight excluding hydrogens is 463 g/mol. The fraction of sp³-hybridized carbons (Fsp3) is 0.333. The van der Waals surface area contributed by atoms with Crippen molar-refractivity contribution in [1.29, 1.82) is 0 Å². The molecule has 1 aliphatic carbocycles. The molecule has 0 radical (unpaired) electrons. The first kappa shape index (κ1) is 20.3. The molecule has 1 fully saturated rings. The molecule has 9 heteroatoms. The number of carbonyl (C=O) groups excluding carboxylic acids is 1. The summed E-state index contributed by atoms with van der Waals surface area (Å²) in [7, 11) is 0. The average molecular weight is 482 g/mol. The van der Waals surface area contributed by atoms with Gasteiger partial charge in [-0.2, -0.15) is 5.10 Å². The molecule has 2 aromatic heterocycles. The first-order valence-electron chi connectivity index (χ1n) is 9.93. The van der Waals surface area contributed by atoms with E-state index in [2.05, 4.69) is 5.43 Å². The third-order valence-corrected chi connectivity index (χ3v) is 7.44. The van der Waals surface area contributed by atoms with Crippen molar-refractivity contribution in [1.82, 2.24) is 20.2 Å². The summed E-state index contributed by atoms with van der Waals surface area (Å²) in [6, 6.07) is 7.28. The Bertz CT molecular complexity index is 1130. The van der Waals surface area contributed by atoms with Gasteiger partial charge in [0.05, 0.1) is 25.6 Å². The van der Waals surface area contributed by atoms with Crippen molar-refractivity contribution in [2.75, 3.05) is 13.1 Å². The highest BCUT2D eigenvalue weighted by Crippen LogP contribution is 2.44. The summed E-state index contributed by atoms with van der Waals surface area (Å²) in [6.45, 7) is 1.73. The Morgan fingerprint density at radius 1 is 1.07 bits per heavy atom. The maximum atomic E-state index is 13.2. The molecule has 1 aliphatic heterocycles. The first-order chi connectivity index (χ1) is 14.5. The topological polar surface area (TPSA) is 50.2 Å². The van der Waals surface area contributed by atoms with Gasteiger partial charge in [0, 0.05) is 23.7 Å². The molecule has 30 heavy (non-hydrogen) atoms. The minimum absolute atomic E-state index is 0.178. The number of thiophene rings is 1. The van der Waals surface area contributed by atoms with Gasteiger partial charge in [0.2, 0.25) is 0 Å². The lowest BCUT2D eigenvalue weighted by molar-refractivity contribution is 0.0743. The summed E-state index contributed by atoms with van der Waals surface area (Å²) in [6.07, 6.45) is 4.93. The van der Waals surface area contributed by atoms with Crippen molar-refractivity contribution in [3.8, 4) is 16.3 Å². The number of nitrogens with zero attached hydrogens (tertiary/aromatic N) is 3. The normalized spacial score (nSPS) is 16.2. The summed E-state index contributed by atoms with van der Waals surface area (Å²) < 4.78 is 2.49. The monoisotopic (exact) mass is 480 g/mol. The maximum Gasteiger partial charge on any atom is 0.286 e. The van der Waals surface area contributed by atoms with Crippen LogP contribution in [0.15, 0.2) is 24.3 Å². The largest absolute Gasteiger partial charge is 0.286 e. The van der Waals surface area contributed by atoms with E-state index in [0.29, 0.717) is 21.4 Å². The zero-order valence-corrected chi connectivity index (χ0v) is 19.1. The quantitative estimate of drug-likeness (QED) is 0.515. The number of nitrogens with one attached hydrogen (secondary N) is 1. The predicted molar refractivity (Wildman–Crippen MR) is 122 cm³/mol. The fourth-order valence-electron chi connectivity index (χ4n) is 4.17. The van der Waals surface area contributed by atoms with E-state index >= 15 is 0 Å². The smallest absolute Gasteiger partial charge is 0.283 e. The van der Waals surface area contributed by atoms with E-state index in [1.165, 1.54) is 23.3 Å². The highest BCUT2D eigenvalue weighted by molar-refractivity contribution is 7.19. The number of fused-ring (bicyclic) bond motifs is 3. The van der Waals surface area contributed by atoms with Crippen molar-refractivity contribution in [3.63, 3.8) is 0 Å². The van der Waals surface area contributed by atoms with Crippen LogP contribution in [0.3, 0.4) is 0 Å². The Balaban J connectivity index is 1.63. The van der Waals surface area contributed by atoms with E-state index < -0.39 is 0 Å². The molecule has 1 amide bonds. The van der Waals surface area contributed by atoms with Crippen LogP contribution in [0.2, 0.25) is 14.4 Å². The van der Waals surface area contributed by atoms with Crippen molar-refractivity contribution in [3.05, 3.63) is 55.5 Å². The van der Waals surface area contributed by atoms with Crippen molar-refractivity contribution in [2.45, 2.75) is 32.1 Å². The van der Waals surface area contributed by atoms with Crippen LogP contribution in [-0.4, -0.2) is 33.8 Å². The summed E-state index contributed by atoms with van der Waals surface area (Å²) in [5, 5.41) is 7.76. The highest BCUT2D eigenvalue weighted by Gasteiger charge is 2.31. The minimum Gasteiger partial charge on any atom is -0.283 e. The molecule has 1 saturated heterocycles. The van der Waals surface area contributed by atoms with Crippen LogP contribution in [0.5, 0.6) is 0 Å². The van der Waals surface area contributed by atoms with Gasteiger partial charge in [0.25, 0.3) is 5.91 Å². The molecule has 1 N–H and O–H groups in total. The Hall–Kier alpha value is -1.57. The van der Waals surface area contributed by atoms with E-state index in [1.807, 2.05) is 17.1 Å². The molecule has 5 rings (SSSR count). The number of halogens is 3. The Morgan fingerprint density at radius 2 is 1.87 bits per heavy atom. The Kier molecular flexibility index (Phi) is 5.54. The van der Waals surface area contributed by atoms with Crippen LogP contribution >= 0.6 is 46.1 Å².